The average molecular weight is 727 g/mol. The summed E-state index contributed by atoms with van der Waals surface area (Å²) >= 11 is 0. The summed E-state index contributed by atoms with van der Waals surface area (Å²) in [5.74, 6) is -0.521. The Labute approximate surface area is 303 Å². The van der Waals surface area contributed by atoms with Crippen LogP contribution in [0, 0.1) is 5.41 Å². The molecule has 0 unspecified atom stereocenters. The molecule has 0 radical (unpaired) electrons. The van der Waals surface area contributed by atoms with Gasteiger partial charge in [0.1, 0.15) is 18.3 Å². The first kappa shape index (κ1) is 40.8. The zero-order valence-corrected chi connectivity index (χ0v) is 31.5. The Kier molecular flexibility index (Phi) is 16.8. The topological polar surface area (TPSA) is 108 Å². The Morgan fingerprint density at radius 2 is 1.16 bits per heavy atom. The van der Waals surface area contributed by atoms with Crippen molar-refractivity contribution in [3.05, 3.63) is 108 Å². The molecule has 3 aromatic carbocycles. The van der Waals surface area contributed by atoms with Crippen molar-refractivity contribution in [1.82, 2.24) is 0 Å². The highest BCUT2D eigenvalue weighted by atomic mass is 31.2. The lowest BCUT2D eigenvalue weighted by molar-refractivity contribution is -0.307. The number of phosphoric ester groups is 1. The number of unbranched alkanes of at least 4 members (excludes halogenated alkanes) is 2. The molecular formula is C40H55O10P. The number of carbonyl (C=O) groups is 1. The molecule has 0 aliphatic carbocycles. The van der Waals surface area contributed by atoms with Crippen LogP contribution in [0.5, 0.6) is 0 Å². The number of esters is 1. The van der Waals surface area contributed by atoms with Gasteiger partial charge in [0, 0.05) is 0 Å². The molecule has 1 fully saturated rings. The van der Waals surface area contributed by atoms with Crippen molar-refractivity contribution < 1.29 is 46.6 Å². The smallest absolute Gasteiger partial charge is 0.454 e. The van der Waals surface area contributed by atoms with Crippen molar-refractivity contribution in [3.8, 4) is 0 Å². The molecule has 51 heavy (non-hydrogen) atoms. The molecule has 0 N–H and O–H groups in total. The van der Waals surface area contributed by atoms with Crippen LogP contribution in [0.25, 0.3) is 0 Å². The third-order valence-corrected chi connectivity index (χ3v) is 9.60. The van der Waals surface area contributed by atoms with Gasteiger partial charge in [-0.1, -0.05) is 118 Å². The van der Waals surface area contributed by atoms with Gasteiger partial charge in [-0.15, -0.1) is 0 Å². The second-order valence-electron chi connectivity index (χ2n) is 13.6. The highest BCUT2D eigenvalue weighted by Gasteiger charge is 2.53. The number of hydrogen-bond acceptors (Lipinski definition) is 10. The molecule has 3 aromatic rings. The fourth-order valence-electron chi connectivity index (χ4n) is 5.18. The molecule has 0 aromatic heterocycles. The summed E-state index contributed by atoms with van der Waals surface area (Å²) in [6.45, 7) is 10.3. The highest BCUT2D eigenvalue weighted by molar-refractivity contribution is 7.48. The molecule has 0 amide bonds. The molecule has 1 aliphatic heterocycles. The third kappa shape index (κ3) is 13.5. The van der Waals surface area contributed by atoms with Gasteiger partial charge in [0.15, 0.2) is 6.10 Å². The van der Waals surface area contributed by atoms with Gasteiger partial charge in [-0.3, -0.25) is 18.4 Å². The molecule has 0 spiro atoms. The fraction of sp³-hybridized carbons (Fsp3) is 0.525. The summed E-state index contributed by atoms with van der Waals surface area (Å²) in [5.41, 5.74) is 1.93. The van der Waals surface area contributed by atoms with Crippen LogP contribution in [-0.2, 0) is 66.4 Å². The number of benzene rings is 3. The van der Waals surface area contributed by atoms with E-state index < -0.39 is 49.9 Å². The van der Waals surface area contributed by atoms with Crippen molar-refractivity contribution in [2.75, 3.05) is 19.8 Å². The molecule has 0 bridgehead atoms. The van der Waals surface area contributed by atoms with E-state index in [2.05, 4.69) is 0 Å². The van der Waals surface area contributed by atoms with E-state index in [1.54, 1.807) is 20.8 Å². The van der Waals surface area contributed by atoms with E-state index in [9.17, 15) is 9.36 Å². The van der Waals surface area contributed by atoms with Gasteiger partial charge >= 0.3 is 13.8 Å². The van der Waals surface area contributed by atoms with Crippen LogP contribution >= 0.6 is 7.82 Å². The summed E-state index contributed by atoms with van der Waals surface area (Å²) in [4.78, 5) is 13.6. The lowest BCUT2D eigenvalue weighted by Gasteiger charge is -2.46. The summed E-state index contributed by atoms with van der Waals surface area (Å²) in [7, 11) is -4.21. The maximum atomic E-state index is 14.3. The second-order valence-corrected chi connectivity index (χ2v) is 15.2. The van der Waals surface area contributed by atoms with Crippen LogP contribution in [0.4, 0.5) is 0 Å². The molecule has 1 heterocycles. The number of phosphoric acid groups is 1. The first-order chi connectivity index (χ1) is 24.6. The molecular weight excluding hydrogens is 671 g/mol. The van der Waals surface area contributed by atoms with E-state index in [0.717, 1.165) is 29.5 Å². The van der Waals surface area contributed by atoms with E-state index in [1.807, 2.05) is 105 Å². The molecule has 11 heteroatoms. The first-order valence-electron chi connectivity index (χ1n) is 18.0. The molecule has 280 valence electrons. The van der Waals surface area contributed by atoms with Gasteiger partial charge in [-0.2, -0.15) is 0 Å². The third-order valence-electron chi connectivity index (χ3n) is 8.14. The second kappa shape index (κ2) is 20.9. The SMILES string of the molecule is CCCCOP(=O)(OCCCC)O[C@@H]1O[C@H](COCc2ccccc2)[C@@H](OCc2ccccc2)[C@H](OCc2ccccc2)[C@H]1OC(=O)C(C)(C)C. The zero-order valence-electron chi connectivity index (χ0n) is 30.6. The van der Waals surface area contributed by atoms with Crippen LogP contribution in [0.1, 0.15) is 77.0 Å². The van der Waals surface area contributed by atoms with Crippen molar-refractivity contribution >= 4 is 13.8 Å². The van der Waals surface area contributed by atoms with E-state index >= 15 is 0 Å². The number of carbonyl (C=O) groups excluding carboxylic acids is 1. The lowest BCUT2D eigenvalue weighted by atomic mass is 9.95. The Morgan fingerprint density at radius 3 is 1.63 bits per heavy atom. The number of hydrogen-bond donors (Lipinski definition) is 0. The molecule has 1 aliphatic rings. The average Bonchev–Trinajstić information content (AvgIpc) is 3.12. The van der Waals surface area contributed by atoms with Crippen molar-refractivity contribution in [2.24, 2.45) is 5.41 Å². The monoisotopic (exact) mass is 726 g/mol. The van der Waals surface area contributed by atoms with Gasteiger partial charge in [-0.05, 0) is 50.3 Å². The summed E-state index contributed by atoms with van der Waals surface area (Å²) in [6.07, 6.45) is -2.24. The first-order valence-corrected chi connectivity index (χ1v) is 19.4. The van der Waals surface area contributed by atoms with Gasteiger partial charge in [0.2, 0.25) is 6.29 Å². The summed E-state index contributed by atoms with van der Waals surface area (Å²) in [5, 5.41) is 0. The standard InChI is InChI=1S/C40H55O10P/c1-6-8-25-46-51(42,47-26-9-7-2)50-38-37(49-39(41)40(3,4)5)36(45-29-33-23-17-12-18-24-33)35(44-28-32-21-15-11-16-22-32)34(48-38)30-43-27-31-19-13-10-14-20-31/h10-24,34-38H,6-9,25-30H2,1-5H3/t34-,35-,36+,37-,38+/m1/s1. The minimum atomic E-state index is -4.21. The van der Waals surface area contributed by atoms with E-state index in [0.29, 0.717) is 19.4 Å². The van der Waals surface area contributed by atoms with Crippen molar-refractivity contribution in [1.29, 1.82) is 0 Å². The number of ether oxygens (including phenoxy) is 5. The highest BCUT2D eigenvalue weighted by Crippen LogP contribution is 2.53. The van der Waals surface area contributed by atoms with Crippen LogP contribution in [0.2, 0.25) is 0 Å². The quantitative estimate of drug-likeness (QED) is 0.0600. The maximum Gasteiger partial charge on any atom is 0.477 e. The predicted molar refractivity (Wildman–Crippen MR) is 195 cm³/mol. The predicted octanol–water partition coefficient (Wildman–Crippen LogP) is 8.81. The van der Waals surface area contributed by atoms with Crippen LogP contribution < -0.4 is 0 Å². The Bertz CT molecular complexity index is 1440. The summed E-state index contributed by atoms with van der Waals surface area (Å²) < 4.78 is 64.3. The lowest BCUT2D eigenvalue weighted by Crippen LogP contribution is -2.62. The van der Waals surface area contributed by atoms with E-state index in [-0.39, 0.29) is 33.0 Å². The van der Waals surface area contributed by atoms with Gasteiger partial charge < -0.3 is 23.7 Å². The normalized spacial score (nSPS) is 21.0. The van der Waals surface area contributed by atoms with Crippen LogP contribution in [0.3, 0.4) is 0 Å². The minimum Gasteiger partial charge on any atom is -0.454 e. The van der Waals surface area contributed by atoms with E-state index in [4.69, 9.17) is 37.3 Å². The van der Waals surface area contributed by atoms with Gasteiger partial charge in [0.05, 0.1) is 45.1 Å². The van der Waals surface area contributed by atoms with Gasteiger partial charge in [0.25, 0.3) is 0 Å². The minimum absolute atomic E-state index is 0.0665. The van der Waals surface area contributed by atoms with E-state index in [1.165, 1.54) is 0 Å². The van der Waals surface area contributed by atoms with Crippen molar-refractivity contribution in [3.63, 3.8) is 0 Å². The Hall–Kier alpha value is -2.92. The number of rotatable bonds is 21. The molecule has 5 atom stereocenters. The largest absolute Gasteiger partial charge is 0.477 e. The molecule has 4 rings (SSSR count). The summed E-state index contributed by atoms with van der Waals surface area (Å²) in [6, 6.07) is 29.2. The molecule has 0 saturated carbocycles. The Balaban J connectivity index is 1.73. The molecule has 10 nitrogen and oxygen atoms in total. The fourth-order valence-corrected chi connectivity index (χ4v) is 6.51. The van der Waals surface area contributed by atoms with Gasteiger partial charge in [-0.25, -0.2) is 4.57 Å². The molecule has 1 saturated heterocycles. The Morgan fingerprint density at radius 1 is 0.686 bits per heavy atom. The van der Waals surface area contributed by atoms with Crippen LogP contribution in [-0.4, -0.2) is 56.5 Å². The van der Waals surface area contributed by atoms with Crippen LogP contribution in [0.15, 0.2) is 91.0 Å². The van der Waals surface area contributed by atoms with Crippen molar-refractivity contribution in [2.45, 2.75) is 111 Å². The zero-order chi connectivity index (χ0) is 36.5. The maximum absolute atomic E-state index is 14.3.